The maximum Gasteiger partial charge on any atom is 0.226 e. The number of aryl methyl sites for hydroxylation is 1. The van der Waals surface area contributed by atoms with Gasteiger partial charge in [-0.05, 0) is 37.8 Å². The van der Waals surface area contributed by atoms with Crippen molar-refractivity contribution in [1.29, 1.82) is 0 Å². The van der Waals surface area contributed by atoms with Crippen LogP contribution in [0.2, 0.25) is 0 Å². The van der Waals surface area contributed by atoms with E-state index < -0.39 is 0 Å². The number of methoxy groups -OCH3 is 1. The van der Waals surface area contributed by atoms with E-state index in [1.165, 1.54) is 0 Å². The van der Waals surface area contributed by atoms with Gasteiger partial charge in [0.15, 0.2) is 17.3 Å². The summed E-state index contributed by atoms with van der Waals surface area (Å²) in [7, 11) is 1.67. The smallest absolute Gasteiger partial charge is 0.226 e. The molecule has 1 aliphatic heterocycles. The van der Waals surface area contributed by atoms with Crippen LogP contribution in [-0.4, -0.2) is 56.8 Å². The molecular weight excluding hydrogens is 334 g/mol. The standard InChI is InChI=1S/C17H23N7O2/c1-12-18-15-3-4-16(21-24(15)20-12)23-8-5-13(6-9-23)11-17-19-14(22-26-17)7-10-25-2/h3-4,13H,5-11H2,1-2H3. The highest BCUT2D eigenvalue weighted by Crippen LogP contribution is 2.24. The van der Waals surface area contributed by atoms with Gasteiger partial charge in [-0.1, -0.05) is 5.16 Å². The minimum absolute atomic E-state index is 0.555. The van der Waals surface area contributed by atoms with Crippen LogP contribution in [0.15, 0.2) is 16.7 Å². The number of nitrogens with zero attached hydrogens (tertiary/aromatic N) is 7. The number of aromatic nitrogens is 6. The van der Waals surface area contributed by atoms with Gasteiger partial charge in [0, 0.05) is 33.0 Å². The average Bonchev–Trinajstić information content (AvgIpc) is 3.25. The van der Waals surface area contributed by atoms with Gasteiger partial charge in [0.1, 0.15) is 5.82 Å². The number of anilines is 1. The van der Waals surface area contributed by atoms with E-state index in [9.17, 15) is 0 Å². The van der Waals surface area contributed by atoms with Crippen LogP contribution < -0.4 is 4.90 Å². The van der Waals surface area contributed by atoms with Crippen LogP contribution in [0, 0.1) is 12.8 Å². The first kappa shape index (κ1) is 16.9. The van der Waals surface area contributed by atoms with E-state index in [0.29, 0.717) is 18.9 Å². The Morgan fingerprint density at radius 1 is 1.19 bits per heavy atom. The second kappa shape index (κ2) is 7.36. The lowest BCUT2D eigenvalue weighted by atomic mass is 9.93. The predicted molar refractivity (Wildman–Crippen MR) is 94.0 cm³/mol. The molecule has 0 amide bonds. The van der Waals surface area contributed by atoms with Crippen LogP contribution >= 0.6 is 0 Å². The fraction of sp³-hybridized carbons (Fsp3) is 0.588. The van der Waals surface area contributed by atoms with E-state index in [2.05, 4.69) is 30.2 Å². The van der Waals surface area contributed by atoms with Crippen molar-refractivity contribution >= 4 is 11.5 Å². The molecule has 0 radical (unpaired) electrons. The van der Waals surface area contributed by atoms with E-state index in [-0.39, 0.29) is 0 Å². The number of ether oxygens (including phenoxy) is 1. The van der Waals surface area contributed by atoms with Gasteiger partial charge < -0.3 is 14.2 Å². The molecule has 0 saturated carbocycles. The van der Waals surface area contributed by atoms with Gasteiger partial charge >= 0.3 is 0 Å². The van der Waals surface area contributed by atoms with Gasteiger partial charge in [0.05, 0.1) is 6.61 Å². The SMILES string of the molecule is COCCc1noc(CC2CCN(c3ccc4nc(C)nn4n3)CC2)n1. The van der Waals surface area contributed by atoms with E-state index in [1.807, 2.05) is 19.1 Å². The lowest BCUT2D eigenvalue weighted by Crippen LogP contribution is -2.35. The van der Waals surface area contributed by atoms with Crippen molar-refractivity contribution in [2.75, 3.05) is 31.7 Å². The van der Waals surface area contributed by atoms with Crippen LogP contribution in [0.4, 0.5) is 5.82 Å². The second-order valence-electron chi connectivity index (χ2n) is 6.68. The lowest BCUT2D eigenvalue weighted by molar-refractivity contribution is 0.199. The van der Waals surface area contributed by atoms with E-state index in [0.717, 1.165) is 61.4 Å². The summed E-state index contributed by atoms with van der Waals surface area (Å²) in [5.41, 5.74) is 0.779. The third kappa shape index (κ3) is 3.67. The van der Waals surface area contributed by atoms with Crippen molar-refractivity contribution in [2.45, 2.75) is 32.6 Å². The maximum absolute atomic E-state index is 5.37. The molecule has 9 nitrogen and oxygen atoms in total. The minimum Gasteiger partial charge on any atom is -0.384 e. The van der Waals surface area contributed by atoms with Crippen LogP contribution in [-0.2, 0) is 17.6 Å². The zero-order valence-corrected chi connectivity index (χ0v) is 15.1. The van der Waals surface area contributed by atoms with Crippen molar-refractivity contribution in [3.05, 3.63) is 29.7 Å². The fourth-order valence-corrected chi connectivity index (χ4v) is 3.33. The molecular formula is C17H23N7O2. The monoisotopic (exact) mass is 357 g/mol. The summed E-state index contributed by atoms with van der Waals surface area (Å²) >= 11 is 0. The number of fused-ring (bicyclic) bond motifs is 1. The van der Waals surface area contributed by atoms with Gasteiger partial charge in [0.2, 0.25) is 5.89 Å². The number of rotatable bonds is 6. The Morgan fingerprint density at radius 3 is 2.85 bits per heavy atom. The minimum atomic E-state index is 0.555. The molecule has 3 aromatic rings. The summed E-state index contributed by atoms with van der Waals surface area (Å²) in [6.07, 6.45) is 3.68. The average molecular weight is 357 g/mol. The van der Waals surface area contributed by atoms with Crippen molar-refractivity contribution in [2.24, 2.45) is 5.92 Å². The molecule has 9 heteroatoms. The normalized spacial score (nSPS) is 15.8. The van der Waals surface area contributed by atoms with Gasteiger partial charge in [-0.3, -0.25) is 0 Å². The maximum atomic E-state index is 5.37. The summed E-state index contributed by atoms with van der Waals surface area (Å²) in [5, 5.41) is 12.9. The molecule has 1 saturated heterocycles. The summed E-state index contributed by atoms with van der Waals surface area (Å²) in [5.74, 6) is 3.68. The molecule has 0 unspecified atom stereocenters. The molecule has 0 atom stereocenters. The first-order valence-electron chi connectivity index (χ1n) is 8.97. The van der Waals surface area contributed by atoms with Crippen molar-refractivity contribution in [3.63, 3.8) is 0 Å². The van der Waals surface area contributed by atoms with Gasteiger partial charge in [-0.2, -0.15) is 4.98 Å². The highest BCUT2D eigenvalue weighted by atomic mass is 16.5. The fourth-order valence-electron chi connectivity index (χ4n) is 3.33. The van der Waals surface area contributed by atoms with Crippen molar-refractivity contribution in [1.82, 2.24) is 30.0 Å². The quantitative estimate of drug-likeness (QED) is 0.654. The number of hydrogen-bond acceptors (Lipinski definition) is 8. The van der Waals surface area contributed by atoms with E-state index >= 15 is 0 Å². The first-order valence-corrected chi connectivity index (χ1v) is 8.97. The first-order chi connectivity index (χ1) is 12.7. The largest absolute Gasteiger partial charge is 0.384 e. The van der Waals surface area contributed by atoms with Gasteiger partial charge in [-0.15, -0.1) is 14.8 Å². The molecule has 1 fully saturated rings. The lowest BCUT2D eigenvalue weighted by Gasteiger charge is -2.32. The molecule has 4 rings (SSSR count). The van der Waals surface area contributed by atoms with Crippen molar-refractivity contribution < 1.29 is 9.26 Å². The molecule has 0 aromatic carbocycles. The highest BCUT2D eigenvalue weighted by Gasteiger charge is 2.23. The predicted octanol–water partition coefficient (Wildman–Crippen LogP) is 1.46. The molecule has 0 bridgehead atoms. The Morgan fingerprint density at radius 2 is 2.04 bits per heavy atom. The topological polar surface area (TPSA) is 94.5 Å². The third-order valence-corrected chi connectivity index (χ3v) is 4.74. The number of hydrogen-bond donors (Lipinski definition) is 0. The number of piperidine rings is 1. The van der Waals surface area contributed by atoms with Gasteiger partial charge in [0.25, 0.3) is 0 Å². The molecule has 1 aliphatic rings. The Kier molecular flexibility index (Phi) is 4.79. The Labute approximate surface area is 151 Å². The summed E-state index contributed by atoms with van der Waals surface area (Å²) < 4.78 is 12.0. The second-order valence-corrected chi connectivity index (χ2v) is 6.68. The molecule has 3 aromatic heterocycles. The molecule has 4 heterocycles. The van der Waals surface area contributed by atoms with Crippen molar-refractivity contribution in [3.8, 4) is 0 Å². The Balaban J connectivity index is 1.33. The Bertz CT molecular complexity index is 867. The zero-order chi connectivity index (χ0) is 17.9. The van der Waals surface area contributed by atoms with E-state index in [4.69, 9.17) is 9.26 Å². The van der Waals surface area contributed by atoms with Crippen LogP contribution in [0.25, 0.3) is 5.65 Å². The third-order valence-electron chi connectivity index (χ3n) is 4.74. The molecule has 0 aliphatic carbocycles. The summed E-state index contributed by atoms with van der Waals surface area (Å²) in [6.45, 7) is 4.40. The van der Waals surface area contributed by atoms with Crippen LogP contribution in [0.5, 0.6) is 0 Å². The summed E-state index contributed by atoms with van der Waals surface area (Å²) in [6, 6.07) is 3.98. The molecule has 0 N–H and O–H groups in total. The molecule has 0 spiro atoms. The highest BCUT2D eigenvalue weighted by molar-refractivity contribution is 5.45. The van der Waals surface area contributed by atoms with Crippen LogP contribution in [0.1, 0.15) is 30.4 Å². The Hall–Kier alpha value is -2.55. The van der Waals surface area contributed by atoms with Crippen LogP contribution in [0.3, 0.4) is 0 Å². The molecule has 138 valence electrons. The zero-order valence-electron chi connectivity index (χ0n) is 15.1. The summed E-state index contributed by atoms with van der Waals surface area (Å²) in [4.78, 5) is 11.1. The van der Waals surface area contributed by atoms with E-state index in [1.54, 1.807) is 11.7 Å². The molecule has 26 heavy (non-hydrogen) atoms. The van der Waals surface area contributed by atoms with Gasteiger partial charge in [-0.25, -0.2) is 4.98 Å².